The SMILES string of the molecule is CCOc1cc2c(cc1C(=O)NC)C(=N)N(CC(=O)c1cc(CN3CCN(CC(=O)O)CC3)cc(C(C)(C)C)c1)C2. The van der Waals surface area contributed by atoms with Gasteiger partial charge in [0.15, 0.2) is 5.78 Å². The summed E-state index contributed by atoms with van der Waals surface area (Å²) in [5.74, 6) is -0.479. The van der Waals surface area contributed by atoms with Crippen molar-refractivity contribution in [2.75, 3.05) is 52.9 Å². The minimum atomic E-state index is -0.810. The molecule has 2 aliphatic heterocycles. The number of hydrogen-bond donors (Lipinski definition) is 3. The van der Waals surface area contributed by atoms with Crippen LogP contribution >= 0.6 is 0 Å². The van der Waals surface area contributed by atoms with Crippen LogP contribution in [0.5, 0.6) is 5.75 Å². The Labute approximate surface area is 241 Å². The van der Waals surface area contributed by atoms with Crippen molar-refractivity contribution in [2.45, 2.75) is 46.2 Å². The molecule has 0 radical (unpaired) electrons. The molecule has 1 saturated heterocycles. The lowest BCUT2D eigenvalue weighted by Crippen LogP contribution is -2.47. The predicted octanol–water partition coefficient (Wildman–Crippen LogP) is 2.97. The molecule has 41 heavy (non-hydrogen) atoms. The number of fused-ring (bicyclic) bond motifs is 1. The molecule has 0 unspecified atom stereocenters. The van der Waals surface area contributed by atoms with Gasteiger partial charge in [0, 0.05) is 57.4 Å². The summed E-state index contributed by atoms with van der Waals surface area (Å²) >= 11 is 0. The molecule has 0 aliphatic carbocycles. The van der Waals surface area contributed by atoms with Crippen LogP contribution in [0.4, 0.5) is 0 Å². The lowest BCUT2D eigenvalue weighted by molar-refractivity contribution is -0.138. The fraction of sp³-hybridized carbons (Fsp3) is 0.484. The molecule has 4 rings (SSSR count). The highest BCUT2D eigenvalue weighted by atomic mass is 16.5. The van der Waals surface area contributed by atoms with Crippen LogP contribution < -0.4 is 10.1 Å². The van der Waals surface area contributed by atoms with Gasteiger partial charge in [-0.2, -0.15) is 0 Å². The summed E-state index contributed by atoms with van der Waals surface area (Å²) in [6.07, 6.45) is 0. The first-order valence-electron chi connectivity index (χ1n) is 14.1. The topological polar surface area (TPSA) is 126 Å². The van der Waals surface area contributed by atoms with E-state index in [4.69, 9.17) is 15.3 Å². The maximum absolute atomic E-state index is 13.7. The summed E-state index contributed by atoms with van der Waals surface area (Å²) in [7, 11) is 1.56. The van der Waals surface area contributed by atoms with E-state index in [0.29, 0.717) is 55.2 Å². The lowest BCUT2D eigenvalue weighted by Gasteiger charge is -2.34. The van der Waals surface area contributed by atoms with Crippen molar-refractivity contribution < 1.29 is 24.2 Å². The summed E-state index contributed by atoms with van der Waals surface area (Å²) in [5.41, 5.74) is 4.42. The van der Waals surface area contributed by atoms with Crippen molar-refractivity contribution in [1.82, 2.24) is 20.0 Å². The molecule has 2 aromatic rings. The van der Waals surface area contributed by atoms with E-state index < -0.39 is 5.97 Å². The number of carbonyl (C=O) groups is 3. The number of carboxylic acids is 1. The van der Waals surface area contributed by atoms with Crippen molar-refractivity contribution in [3.05, 3.63) is 63.7 Å². The smallest absolute Gasteiger partial charge is 0.317 e. The third-order valence-corrected chi connectivity index (χ3v) is 7.65. The molecule has 1 fully saturated rings. The van der Waals surface area contributed by atoms with Crippen LogP contribution in [-0.2, 0) is 23.3 Å². The van der Waals surface area contributed by atoms with E-state index in [-0.39, 0.29) is 36.0 Å². The zero-order valence-electron chi connectivity index (χ0n) is 24.7. The second-order valence-electron chi connectivity index (χ2n) is 11.8. The Kier molecular flexibility index (Phi) is 9.14. The van der Waals surface area contributed by atoms with Crippen LogP contribution in [0.2, 0.25) is 0 Å². The summed E-state index contributed by atoms with van der Waals surface area (Å²) < 4.78 is 5.70. The Morgan fingerprint density at radius 2 is 1.68 bits per heavy atom. The first kappa shape index (κ1) is 30.2. The maximum Gasteiger partial charge on any atom is 0.317 e. The van der Waals surface area contributed by atoms with E-state index in [9.17, 15) is 14.4 Å². The van der Waals surface area contributed by atoms with Gasteiger partial charge >= 0.3 is 5.97 Å². The second-order valence-corrected chi connectivity index (χ2v) is 11.8. The third kappa shape index (κ3) is 7.12. The number of nitrogens with one attached hydrogen (secondary N) is 2. The number of amides is 1. The highest BCUT2D eigenvalue weighted by molar-refractivity contribution is 6.07. The van der Waals surface area contributed by atoms with E-state index in [2.05, 4.69) is 37.1 Å². The van der Waals surface area contributed by atoms with E-state index in [1.165, 1.54) is 0 Å². The number of hydrogen-bond acceptors (Lipinski definition) is 7. The monoisotopic (exact) mass is 563 g/mol. The number of carboxylic acid groups (broad SMARTS) is 1. The zero-order valence-corrected chi connectivity index (χ0v) is 24.7. The molecule has 10 nitrogen and oxygen atoms in total. The molecule has 10 heteroatoms. The Bertz CT molecular complexity index is 1340. The first-order chi connectivity index (χ1) is 19.4. The zero-order chi connectivity index (χ0) is 29.9. The van der Waals surface area contributed by atoms with Gasteiger partial charge in [0.1, 0.15) is 11.6 Å². The van der Waals surface area contributed by atoms with Gasteiger partial charge in [-0.3, -0.25) is 29.6 Å². The molecule has 0 bridgehead atoms. The Hall–Kier alpha value is -3.76. The van der Waals surface area contributed by atoms with Gasteiger partial charge in [-0.15, -0.1) is 0 Å². The molecule has 220 valence electrons. The number of rotatable bonds is 10. The van der Waals surface area contributed by atoms with Gasteiger partial charge in [-0.25, -0.2) is 0 Å². The summed E-state index contributed by atoms with van der Waals surface area (Å²) in [6.45, 7) is 12.7. The number of amidine groups is 1. The van der Waals surface area contributed by atoms with Crippen molar-refractivity contribution in [1.29, 1.82) is 5.41 Å². The van der Waals surface area contributed by atoms with Crippen LogP contribution in [-0.4, -0.2) is 96.2 Å². The molecule has 0 saturated carbocycles. The van der Waals surface area contributed by atoms with Gasteiger partial charge in [-0.1, -0.05) is 26.8 Å². The van der Waals surface area contributed by atoms with Crippen LogP contribution in [0, 0.1) is 5.41 Å². The average Bonchev–Trinajstić information content (AvgIpc) is 3.21. The first-order valence-corrected chi connectivity index (χ1v) is 14.1. The highest BCUT2D eigenvalue weighted by Gasteiger charge is 2.30. The number of carbonyl (C=O) groups excluding carboxylic acids is 2. The minimum absolute atomic E-state index is 0.0493. The maximum atomic E-state index is 13.7. The molecule has 2 aromatic carbocycles. The molecule has 0 spiro atoms. The van der Waals surface area contributed by atoms with E-state index in [1.54, 1.807) is 24.1 Å². The predicted molar refractivity (Wildman–Crippen MR) is 157 cm³/mol. The summed E-state index contributed by atoms with van der Waals surface area (Å²) in [4.78, 5) is 43.1. The van der Waals surface area contributed by atoms with Gasteiger partial charge in [0.2, 0.25) is 0 Å². The van der Waals surface area contributed by atoms with Crippen molar-refractivity contribution in [2.24, 2.45) is 0 Å². The molecule has 2 aliphatic rings. The Morgan fingerprint density at radius 3 is 2.29 bits per heavy atom. The van der Waals surface area contributed by atoms with E-state index in [0.717, 1.165) is 29.8 Å². The van der Waals surface area contributed by atoms with Crippen LogP contribution in [0.25, 0.3) is 0 Å². The Morgan fingerprint density at radius 1 is 1.00 bits per heavy atom. The van der Waals surface area contributed by atoms with Crippen molar-refractivity contribution in [3.8, 4) is 5.75 Å². The van der Waals surface area contributed by atoms with Crippen molar-refractivity contribution >= 4 is 23.5 Å². The van der Waals surface area contributed by atoms with E-state index >= 15 is 0 Å². The molecule has 3 N–H and O–H groups in total. The van der Waals surface area contributed by atoms with Crippen LogP contribution in [0.3, 0.4) is 0 Å². The molecular weight excluding hydrogens is 522 g/mol. The number of piperazine rings is 1. The second kappa shape index (κ2) is 12.4. The Balaban J connectivity index is 1.52. The fourth-order valence-corrected chi connectivity index (χ4v) is 5.35. The number of aliphatic carboxylic acids is 1. The third-order valence-electron chi connectivity index (χ3n) is 7.65. The van der Waals surface area contributed by atoms with E-state index in [1.807, 2.05) is 24.0 Å². The fourth-order valence-electron chi connectivity index (χ4n) is 5.35. The van der Waals surface area contributed by atoms with Crippen LogP contribution in [0.1, 0.15) is 70.7 Å². The molecule has 0 atom stereocenters. The quantitative estimate of drug-likeness (QED) is 0.377. The molecular formula is C31H41N5O5. The molecule has 1 amide bonds. The van der Waals surface area contributed by atoms with Gasteiger partial charge in [0.25, 0.3) is 5.91 Å². The standard InChI is InChI=1S/C31H41N5O5/c1-6-41-27-14-22-17-36(29(32)24(22)15-25(27)30(40)33-5)18-26(37)21-11-20(12-23(13-21)31(2,3)4)16-34-7-9-35(10-8-34)19-28(38)39/h11-15,32H,6-10,16-19H2,1-5H3,(H,33,40)(H,38,39). The molecule has 2 heterocycles. The molecule has 0 aromatic heterocycles. The highest BCUT2D eigenvalue weighted by Crippen LogP contribution is 2.31. The van der Waals surface area contributed by atoms with Gasteiger partial charge in [-0.05, 0) is 53.3 Å². The minimum Gasteiger partial charge on any atom is -0.493 e. The lowest BCUT2D eigenvalue weighted by atomic mass is 9.84. The normalized spacial score (nSPS) is 16.0. The average molecular weight is 564 g/mol. The number of benzene rings is 2. The van der Waals surface area contributed by atoms with Crippen molar-refractivity contribution in [3.63, 3.8) is 0 Å². The van der Waals surface area contributed by atoms with Gasteiger partial charge < -0.3 is 20.1 Å². The number of ether oxygens (including phenoxy) is 1. The number of nitrogens with zero attached hydrogens (tertiary/aromatic N) is 3. The van der Waals surface area contributed by atoms with Crippen LogP contribution in [0.15, 0.2) is 30.3 Å². The number of ketones is 1. The van der Waals surface area contributed by atoms with Gasteiger partial charge in [0.05, 0.1) is 25.3 Å². The largest absolute Gasteiger partial charge is 0.493 e. The summed E-state index contributed by atoms with van der Waals surface area (Å²) in [5, 5.41) is 20.5. The number of Topliss-reactive ketones (excluding diaryl/α,β-unsaturated/α-hetero) is 1. The summed E-state index contributed by atoms with van der Waals surface area (Å²) in [6, 6.07) is 9.55.